The molecule has 0 aliphatic carbocycles. The predicted octanol–water partition coefficient (Wildman–Crippen LogP) is 1.97. The summed E-state index contributed by atoms with van der Waals surface area (Å²) in [5.74, 6) is 0. The highest BCUT2D eigenvalue weighted by Gasteiger charge is 2.34. The van der Waals surface area contributed by atoms with Crippen molar-refractivity contribution in [3.05, 3.63) is 0 Å². The van der Waals surface area contributed by atoms with E-state index in [9.17, 15) is 4.79 Å². The summed E-state index contributed by atoms with van der Waals surface area (Å²) in [7, 11) is -2.15. The van der Waals surface area contributed by atoms with Crippen molar-refractivity contribution in [2.24, 2.45) is 5.73 Å². The third-order valence-corrected chi connectivity index (χ3v) is 6.03. The van der Waals surface area contributed by atoms with E-state index in [1.54, 1.807) is 0 Å². The Bertz CT molecular complexity index is 207. The summed E-state index contributed by atoms with van der Waals surface area (Å²) in [6.45, 7) is 8.22. The van der Waals surface area contributed by atoms with E-state index in [-0.39, 0.29) is 0 Å². The number of carbonyl (C=O) groups excluding carboxylic acids is 1. The average Bonchev–Trinajstić information content (AvgIpc) is 2.32. The summed E-state index contributed by atoms with van der Waals surface area (Å²) in [4.78, 5) is 10.6. The van der Waals surface area contributed by atoms with Gasteiger partial charge in [-0.15, -0.1) is 0 Å². The van der Waals surface area contributed by atoms with Crippen molar-refractivity contribution in [3.8, 4) is 0 Å². The van der Waals surface area contributed by atoms with Gasteiger partial charge in [-0.1, -0.05) is 20.8 Å². The summed E-state index contributed by atoms with van der Waals surface area (Å²) >= 11 is 0. The predicted molar refractivity (Wildman–Crippen MR) is 71.1 cm³/mol. The minimum atomic E-state index is -2.15. The van der Waals surface area contributed by atoms with E-state index < -0.39 is 14.6 Å². The van der Waals surface area contributed by atoms with Gasteiger partial charge >= 0.3 is 14.6 Å². The molecule has 0 aliphatic rings. The van der Waals surface area contributed by atoms with Crippen LogP contribution in [0.2, 0.25) is 12.1 Å². The maximum absolute atomic E-state index is 10.6. The highest BCUT2D eigenvalue weighted by atomic mass is 28.4. The largest absolute Gasteiger partial charge is 0.394 e. The summed E-state index contributed by atoms with van der Waals surface area (Å²) in [5, 5.41) is 2.60. The molecule has 0 saturated carbocycles. The molecule has 0 aromatic carbocycles. The Morgan fingerprint density at radius 1 is 1.18 bits per heavy atom. The monoisotopic (exact) mass is 262 g/mol. The Kier molecular flexibility index (Phi) is 9.11. The Balaban J connectivity index is 4.26. The Morgan fingerprint density at radius 3 is 2.06 bits per heavy atom. The number of hydrogen-bond acceptors (Lipinski definition) is 3. The van der Waals surface area contributed by atoms with Crippen LogP contribution in [0.5, 0.6) is 0 Å². The highest BCUT2D eigenvalue weighted by Crippen LogP contribution is 2.19. The number of amides is 2. The van der Waals surface area contributed by atoms with Gasteiger partial charge in [0.15, 0.2) is 0 Å². The molecule has 17 heavy (non-hydrogen) atoms. The number of primary amides is 1. The van der Waals surface area contributed by atoms with Gasteiger partial charge in [-0.05, 0) is 18.9 Å². The third kappa shape index (κ3) is 7.35. The van der Waals surface area contributed by atoms with Gasteiger partial charge in [-0.2, -0.15) is 0 Å². The van der Waals surface area contributed by atoms with E-state index >= 15 is 0 Å². The van der Waals surface area contributed by atoms with Crippen molar-refractivity contribution in [2.45, 2.75) is 45.7 Å². The first-order valence-electron chi connectivity index (χ1n) is 6.41. The molecule has 102 valence electrons. The van der Waals surface area contributed by atoms with Crippen molar-refractivity contribution in [3.63, 3.8) is 0 Å². The first-order chi connectivity index (χ1) is 8.10. The number of nitrogens with two attached hydrogens (primary N) is 1. The van der Waals surface area contributed by atoms with Crippen LogP contribution in [0.25, 0.3) is 0 Å². The fourth-order valence-electron chi connectivity index (χ4n) is 1.52. The van der Waals surface area contributed by atoms with E-state index in [0.717, 1.165) is 38.1 Å². The van der Waals surface area contributed by atoms with Crippen LogP contribution in [0.15, 0.2) is 0 Å². The molecular formula is C11H26N2O3Si. The maximum atomic E-state index is 10.6. The van der Waals surface area contributed by atoms with Gasteiger partial charge in [0.25, 0.3) is 0 Å². The fraction of sp³-hybridized carbons (Fsp3) is 0.909. The van der Waals surface area contributed by atoms with Crippen molar-refractivity contribution in [2.75, 3.05) is 19.8 Å². The molecule has 0 aromatic heterocycles. The molecule has 0 bridgehead atoms. The number of nitrogens with one attached hydrogen (secondary N) is 1. The van der Waals surface area contributed by atoms with Crippen molar-refractivity contribution < 1.29 is 13.6 Å². The SMILES string of the molecule is CCCO[Si](CC)(CCNC(N)=O)OCCC. The van der Waals surface area contributed by atoms with Gasteiger partial charge in [-0.3, -0.25) is 0 Å². The second kappa shape index (κ2) is 9.44. The zero-order valence-electron chi connectivity index (χ0n) is 11.3. The standard InChI is InChI=1S/C11H26N2O3Si/c1-4-8-15-17(6-3,16-9-5-2)10-7-13-11(12)14/h4-10H2,1-3H3,(H3,12,13,14). The zero-order chi connectivity index (χ0) is 13.1. The lowest BCUT2D eigenvalue weighted by atomic mass is 10.5. The van der Waals surface area contributed by atoms with Crippen molar-refractivity contribution in [1.82, 2.24) is 5.32 Å². The number of rotatable bonds is 10. The first-order valence-corrected chi connectivity index (χ1v) is 8.64. The number of hydrogen-bond donors (Lipinski definition) is 2. The van der Waals surface area contributed by atoms with E-state index in [4.69, 9.17) is 14.6 Å². The van der Waals surface area contributed by atoms with Gasteiger partial charge in [0.2, 0.25) is 0 Å². The molecule has 0 aromatic rings. The lowest BCUT2D eigenvalue weighted by molar-refractivity contribution is 0.168. The minimum Gasteiger partial charge on any atom is -0.394 e. The Morgan fingerprint density at radius 2 is 1.71 bits per heavy atom. The number of urea groups is 1. The molecule has 0 radical (unpaired) electrons. The maximum Gasteiger partial charge on any atom is 0.339 e. The van der Waals surface area contributed by atoms with Gasteiger partial charge in [0, 0.05) is 25.8 Å². The second-order valence-electron chi connectivity index (χ2n) is 4.00. The van der Waals surface area contributed by atoms with Crippen LogP contribution in [0, 0.1) is 0 Å². The second-order valence-corrected chi connectivity index (χ2v) is 7.61. The van der Waals surface area contributed by atoms with E-state index in [0.29, 0.717) is 6.54 Å². The molecule has 0 saturated heterocycles. The molecule has 3 N–H and O–H groups in total. The van der Waals surface area contributed by atoms with Gasteiger partial charge in [-0.25, -0.2) is 4.79 Å². The summed E-state index contributed by atoms with van der Waals surface area (Å²) in [6.07, 6.45) is 1.96. The molecule has 6 heteroatoms. The molecule has 0 heterocycles. The van der Waals surface area contributed by atoms with Gasteiger partial charge < -0.3 is 19.9 Å². The summed E-state index contributed by atoms with van der Waals surface area (Å²) < 4.78 is 11.9. The third-order valence-electron chi connectivity index (χ3n) is 2.48. The molecule has 0 fully saturated rings. The van der Waals surface area contributed by atoms with E-state index in [1.165, 1.54) is 0 Å². The van der Waals surface area contributed by atoms with E-state index in [1.807, 2.05) is 0 Å². The molecule has 0 atom stereocenters. The minimum absolute atomic E-state index is 0.491. The van der Waals surface area contributed by atoms with Crippen molar-refractivity contribution >= 4 is 14.6 Å². The van der Waals surface area contributed by atoms with Gasteiger partial charge in [0.1, 0.15) is 0 Å². The molecule has 0 rings (SSSR count). The normalized spacial score (nSPS) is 11.5. The molecule has 5 nitrogen and oxygen atoms in total. The zero-order valence-corrected chi connectivity index (χ0v) is 12.3. The smallest absolute Gasteiger partial charge is 0.339 e. The number of carbonyl (C=O) groups is 1. The highest BCUT2D eigenvalue weighted by molar-refractivity contribution is 6.67. The topological polar surface area (TPSA) is 73.6 Å². The van der Waals surface area contributed by atoms with Crippen LogP contribution in [-0.4, -0.2) is 34.4 Å². The molecule has 2 amide bonds. The quantitative estimate of drug-likeness (QED) is 0.591. The Hall–Kier alpha value is -0.593. The van der Waals surface area contributed by atoms with Crippen LogP contribution >= 0.6 is 0 Å². The van der Waals surface area contributed by atoms with Crippen LogP contribution in [0.4, 0.5) is 4.79 Å². The van der Waals surface area contributed by atoms with Crippen LogP contribution in [0.3, 0.4) is 0 Å². The van der Waals surface area contributed by atoms with Crippen LogP contribution in [-0.2, 0) is 8.85 Å². The van der Waals surface area contributed by atoms with Crippen molar-refractivity contribution in [1.29, 1.82) is 0 Å². The van der Waals surface area contributed by atoms with Crippen LogP contribution in [0.1, 0.15) is 33.6 Å². The Labute approximate surface area is 105 Å². The first kappa shape index (κ1) is 16.4. The average molecular weight is 262 g/mol. The molecule has 0 unspecified atom stereocenters. The lowest BCUT2D eigenvalue weighted by Gasteiger charge is -2.29. The van der Waals surface area contributed by atoms with E-state index in [2.05, 4.69) is 26.1 Å². The molecule has 0 aliphatic heterocycles. The summed E-state index contributed by atoms with van der Waals surface area (Å²) in [6, 6.07) is 1.16. The molecule has 0 spiro atoms. The van der Waals surface area contributed by atoms with Crippen LogP contribution < -0.4 is 11.1 Å². The van der Waals surface area contributed by atoms with Gasteiger partial charge in [0.05, 0.1) is 0 Å². The lowest BCUT2D eigenvalue weighted by Crippen LogP contribution is -2.45. The fourth-order valence-corrected chi connectivity index (χ4v) is 4.31. The molecular weight excluding hydrogens is 236 g/mol. The summed E-state index contributed by atoms with van der Waals surface area (Å²) in [5.41, 5.74) is 5.05.